The summed E-state index contributed by atoms with van der Waals surface area (Å²) in [7, 11) is 0. The lowest BCUT2D eigenvalue weighted by Crippen LogP contribution is -2.46. The van der Waals surface area contributed by atoms with Gasteiger partial charge in [-0.25, -0.2) is 0 Å². The first kappa shape index (κ1) is 26.1. The van der Waals surface area contributed by atoms with Crippen LogP contribution in [0.4, 0.5) is 13.2 Å². The molecule has 2 aromatic rings. The second-order valence-corrected chi connectivity index (χ2v) is 9.72. The van der Waals surface area contributed by atoms with E-state index < -0.39 is 23.2 Å². The quantitative estimate of drug-likeness (QED) is 0.562. The molecule has 194 valence electrons. The van der Waals surface area contributed by atoms with Gasteiger partial charge in [0.05, 0.1) is 17.8 Å². The van der Waals surface area contributed by atoms with Crippen molar-refractivity contribution in [2.45, 2.75) is 62.9 Å². The number of aryl methyl sites for hydroxylation is 1. The van der Waals surface area contributed by atoms with Gasteiger partial charge in [-0.2, -0.15) is 13.2 Å². The maximum absolute atomic E-state index is 12.9. The summed E-state index contributed by atoms with van der Waals surface area (Å²) in [5.74, 6) is -0.996. The smallest absolute Gasteiger partial charge is 0.384 e. The minimum atomic E-state index is -4.54. The van der Waals surface area contributed by atoms with Gasteiger partial charge in [-0.15, -0.1) is 0 Å². The Morgan fingerprint density at radius 2 is 1.83 bits per heavy atom. The predicted molar refractivity (Wildman–Crippen MR) is 127 cm³/mol. The van der Waals surface area contributed by atoms with Gasteiger partial charge in [0, 0.05) is 36.4 Å². The number of aliphatic hydroxyl groups is 1. The summed E-state index contributed by atoms with van der Waals surface area (Å²) in [5, 5.41) is 17.1. The maximum atomic E-state index is 12.9. The Morgan fingerprint density at radius 3 is 2.53 bits per heavy atom. The second-order valence-electron chi connectivity index (χ2n) is 9.72. The van der Waals surface area contributed by atoms with Gasteiger partial charge in [0.25, 0.3) is 5.91 Å². The SMILES string of the molecule is Cc1cccc(C2(O)CCC(N[C@H]3CCN(C(=O)CNC(=O)c4cccc(C(F)(F)F)c4)C3)CC2)n1. The van der Waals surface area contributed by atoms with Crippen molar-refractivity contribution in [2.75, 3.05) is 19.6 Å². The van der Waals surface area contributed by atoms with Gasteiger partial charge in [-0.1, -0.05) is 12.1 Å². The number of likely N-dealkylation sites (tertiary alicyclic amines) is 1. The molecule has 4 rings (SSSR count). The van der Waals surface area contributed by atoms with Crippen LogP contribution in [0.3, 0.4) is 0 Å². The predicted octanol–water partition coefficient (Wildman–Crippen LogP) is 3.16. The van der Waals surface area contributed by atoms with Crippen LogP contribution in [-0.4, -0.2) is 58.5 Å². The molecule has 2 heterocycles. The summed E-state index contributed by atoms with van der Waals surface area (Å²) in [6.07, 6.45) is -0.963. The van der Waals surface area contributed by atoms with E-state index in [1.165, 1.54) is 12.1 Å². The Balaban J connectivity index is 1.22. The van der Waals surface area contributed by atoms with Gasteiger partial charge < -0.3 is 20.6 Å². The molecule has 0 unspecified atom stereocenters. The van der Waals surface area contributed by atoms with Crippen molar-refractivity contribution in [1.82, 2.24) is 20.5 Å². The van der Waals surface area contributed by atoms with Crippen LogP contribution in [-0.2, 0) is 16.6 Å². The average Bonchev–Trinajstić information content (AvgIpc) is 3.32. The molecule has 1 aromatic carbocycles. The van der Waals surface area contributed by atoms with Crippen LogP contribution in [0.5, 0.6) is 0 Å². The Hall–Kier alpha value is -2.98. The first-order valence-electron chi connectivity index (χ1n) is 12.2. The lowest BCUT2D eigenvalue weighted by atomic mass is 9.79. The molecule has 0 radical (unpaired) electrons. The topological polar surface area (TPSA) is 94.6 Å². The van der Waals surface area contributed by atoms with Crippen LogP contribution in [0.2, 0.25) is 0 Å². The summed E-state index contributed by atoms with van der Waals surface area (Å²) in [4.78, 5) is 31.0. The van der Waals surface area contributed by atoms with E-state index in [0.29, 0.717) is 31.6 Å². The minimum absolute atomic E-state index is 0.112. The number of carbonyl (C=O) groups is 2. The molecular formula is C26H31F3N4O3. The Bertz CT molecular complexity index is 1100. The third-order valence-electron chi connectivity index (χ3n) is 7.04. The summed E-state index contributed by atoms with van der Waals surface area (Å²) in [6.45, 7) is 2.67. The highest BCUT2D eigenvalue weighted by Crippen LogP contribution is 2.36. The van der Waals surface area contributed by atoms with E-state index in [9.17, 15) is 27.9 Å². The number of benzene rings is 1. The Morgan fingerprint density at radius 1 is 1.11 bits per heavy atom. The average molecular weight is 505 g/mol. The zero-order valence-electron chi connectivity index (χ0n) is 20.1. The molecule has 1 aliphatic heterocycles. The van der Waals surface area contributed by atoms with E-state index in [1.54, 1.807) is 4.90 Å². The van der Waals surface area contributed by atoms with E-state index in [4.69, 9.17) is 0 Å². The molecule has 1 aliphatic carbocycles. The molecule has 1 aromatic heterocycles. The largest absolute Gasteiger partial charge is 0.416 e. The molecule has 7 nitrogen and oxygen atoms in total. The molecule has 10 heteroatoms. The van der Waals surface area contributed by atoms with Crippen molar-refractivity contribution in [3.63, 3.8) is 0 Å². The van der Waals surface area contributed by atoms with Crippen molar-refractivity contribution in [1.29, 1.82) is 0 Å². The van der Waals surface area contributed by atoms with Crippen LogP contribution in [0.25, 0.3) is 0 Å². The van der Waals surface area contributed by atoms with Gasteiger partial charge in [-0.05, 0) is 69.4 Å². The molecule has 2 fully saturated rings. The monoisotopic (exact) mass is 504 g/mol. The van der Waals surface area contributed by atoms with E-state index >= 15 is 0 Å². The number of hydrogen-bond donors (Lipinski definition) is 3. The summed E-state index contributed by atoms with van der Waals surface area (Å²) in [6, 6.07) is 10.1. The lowest BCUT2D eigenvalue weighted by Gasteiger charge is -2.37. The van der Waals surface area contributed by atoms with Gasteiger partial charge >= 0.3 is 6.18 Å². The lowest BCUT2D eigenvalue weighted by molar-refractivity contribution is -0.137. The molecule has 2 amide bonds. The highest BCUT2D eigenvalue weighted by molar-refractivity contribution is 5.96. The van der Waals surface area contributed by atoms with Gasteiger partial charge in [0.1, 0.15) is 5.60 Å². The number of rotatable bonds is 6. The molecular weight excluding hydrogens is 473 g/mol. The number of halogens is 3. The van der Waals surface area contributed by atoms with Crippen molar-refractivity contribution in [3.8, 4) is 0 Å². The number of pyridine rings is 1. The number of aromatic nitrogens is 1. The molecule has 36 heavy (non-hydrogen) atoms. The molecule has 3 N–H and O–H groups in total. The van der Waals surface area contributed by atoms with Crippen molar-refractivity contribution >= 4 is 11.8 Å². The van der Waals surface area contributed by atoms with Crippen LogP contribution in [0.1, 0.15) is 59.4 Å². The van der Waals surface area contributed by atoms with Gasteiger partial charge in [0.15, 0.2) is 0 Å². The fourth-order valence-electron chi connectivity index (χ4n) is 4.98. The fourth-order valence-corrected chi connectivity index (χ4v) is 4.98. The standard InChI is InChI=1S/C26H31F3N4O3/c1-17-4-2-7-22(31-17)25(36)11-8-20(9-12-25)32-21-10-13-33(16-21)23(34)15-30-24(35)18-5-3-6-19(14-18)26(27,28)29/h2-7,14,20-21,32,36H,8-13,15-16H2,1H3,(H,30,35)/t20?,21-,25?/m0/s1. The molecule has 1 saturated heterocycles. The van der Waals surface area contributed by atoms with Crippen LogP contribution in [0, 0.1) is 6.92 Å². The first-order valence-corrected chi connectivity index (χ1v) is 12.2. The number of alkyl halides is 3. The zero-order valence-corrected chi connectivity index (χ0v) is 20.1. The highest BCUT2D eigenvalue weighted by Gasteiger charge is 2.37. The highest BCUT2D eigenvalue weighted by atomic mass is 19.4. The van der Waals surface area contributed by atoms with E-state index in [0.717, 1.165) is 37.1 Å². The number of amides is 2. The van der Waals surface area contributed by atoms with Crippen LogP contribution < -0.4 is 10.6 Å². The molecule has 1 saturated carbocycles. The third-order valence-corrected chi connectivity index (χ3v) is 7.04. The minimum Gasteiger partial charge on any atom is -0.384 e. The summed E-state index contributed by atoms with van der Waals surface area (Å²) >= 11 is 0. The van der Waals surface area contributed by atoms with Crippen molar-refractivity contribution in [2.24, 2.45) is 0 Å². The molecule has 1 atom stereocenters. The van der Waals surface area contributed by atoms with E-state index in [1.807, 2.05) is 25.1 Å². The zero-order chi connectivity index (χ0) is 25.9. The van der Waals surface area contributed by atoms with E-state index in [-0.39, 0.29) is 30.1 Å². The van der Waals surface area contributed by atoms with Crippen molar-refractivity contribution < 1.29 is 27.9 Å². The second kappa shape index (κ2) is 10.6. The number of carbonyl (C=O) groups excluding carboxylic acids is 2. The molecule has 2 aliphatic rings. The number of hydrogen-bond acceptors (Lipinski definition) is 5. The molecule has 0 bridgehead atoms. The van der Waals surface area contributed by atoms with E-state index in [2.05, 4.69) is 15.6 Å². The third kappa shape index (κ3) is 6.22. The number of nitrogens with zero attached hydrogens (tertiary/aromatic N) is 2. The van der Waals surface area contributed by atoms with Crippen LogP contribution in [0.15, 0.2) is 42.5 Å². The van der Waals surface area contributed by atoms with Crippen molar-refractivity contribution in [3.05, 3.63) is 65.0 Å². The Labute approximate surface area is 208 Å². The fraction of sp³-hybridized carbons (Fsp3) is 0.500. The maximum Gasteiger partial charge on any atom is 0.416 e. The van der Waals surface area contributed by atoms with Crippen LogP contribution >= 0.6 is 0 Å². The Kier molecular flexibility index (Phi) is 7.65. The molecule has 0 spiro atoms. The summed E-state index contributed by atoms with van der Waals surface area (Å²) in [5.41, 5.74) is -0.378. The van der Waals surface area contributed by atoms with Gasteiger partial charge in [0.2, 0.25) is 5.91 Å². The van der Waals surface area contributed by atoms with Gasteiger partial charge in [-0.3, -0.25) is 14.6 Å². The first-order chi connectivity index (χ1) is 17.0. The number of nitrogens with one attached hydrogen (secondary N) is 2. The normalized spacial score (nSPS) is 24.5. The summed E-state index contributed by atoms with van der Waals surface area (Å²) < 4.78 is 38.6.